The zero-order valence-electron chi connectivity index (χ0n) is 10.2. The van der Waals surface area contributed by atoms with Gasteiger partial charge in [-0.25, -0.2) is 9.97 Å². The second kappa shape index (κ2) is 7.12. The Kier molecular flexibility index (Phi) is 5.72. The molecule has 88 valence electrons. The largest absolute Gasteiger partial charge is 0.307 e. The molecule has 0 aliphatic rings. The lowest BCUT2D eigenvalue weighted by Crippen LogP contribution is -2.24. The van der Waals surface area contributed by atoms with E-state index in [1.807, 2.05) is 6.07 Å². The molecule has 0 spiro atoms. The summed E-state index contributed by atoms with van der Waals surface area (Å²) in [6, 6.07) is 2.09. The van der Waals surface area contributed by atoms with Crippen molar-refractivity contribution in [2.45, 2.75) is 39.2 Å². The van der Waals surface area contributed by atoms with Gasteiger partial charge >= 0.3 is 0 Å². The van der Waals surface area contributed by atoms with Crippen molar-refractivity contribution in [3.05, 3.63) is 36.4 Å². The smallest absolute Gasteiger partial charge is 0.145 e. The van der Waals surface area contributed by atoms with E-state index < -0.39 is 0 Å². The molecule has 1 unspecified atom stereocenters. The summed E-state index contributed by atoms with van der Waals surface area (Å²) in [5.41, 5.74) is 1.21. The van der Waals surface area contributed by atoms with Gasteiger partial charge in [-0.2, -0.15) is 0 Å². The maximum atomic E-state index is 4.31. The Hall–Kier alpha value is -1.22. The van der Waals surface area contributed by atoms with Crippen molar-refractivity contribution in [3.63, 3.8) is 0 Å². The van der Waals surface area contributed by atoms with Gasteiger partial charge < -0.3 is 5.32 Å². The average molecular weight is 219 g/mol. The first kappa shape index (κ1) is 12.8. The molecule has 3 heteroatoms. The number of allylic oxidation sites excluding steroid dienone is 1. The highest BCUT2D eigenvalue weighted by atomic mass is 15.0. The molecule has 0 radical (unpaired) electrons. The molecule has 0 fully saturated rings. The molecule has 0 aliphatic carbocycles. The molecule has 3 nitrogen and oxygen atoms in total. The van der Waals surface area contributed by atoms with Crippen LogP contribution in [0.1, 0.15) is 45.0 Å². The highest BCUT2D eigenvalue weighted by Gasteiger charge is 2.12. The van der Waals surface area contributed by atoms with Crippen LogP contribution >= 0.6 is 0 Å². The van der Waals surface area contributed by atoms with E-state index in [9.17, 15) is 0 Å². The van der Waals surface area contributed by atoms with Crippen LogP contribution in [0.4, 0.5) is 0 Å². The molecule has 1 aromatic rings. The van der Waals surface area contributed by atoms with Crippen LogP contribution in [0.2, 0.25) is 0 Å². The lowest BCUT2D eigenvalue weighted by Gasteiger charge is -2.16. The van der Waals surface area contributed by atoms with Crippen molar-refractivity contribution < 1.29 is 0 Å². The summed E-state index contributed by atoms with van der Waals surface area (Å²) in [5.74, 6) is 0.886. The lowest BCUT2D eigenvalue weighted by atomic mass is 10.1. The molecule has 0 saturated heterocycles. The Morgan fingerprint density at radius 3 is 2.69 bits per heavy atom. The topological polar surface area (TPSA) is 37.8 Å². The van der Waals surface area contributed by atoms with Crippen LogP contribution in [0.25, 0.3) is 0 Å². The van der Waals surface area contributed by atoms with Gasteiger partial charge in [0.1, 0.15) is 5.82 Å². The zero-order valence-corrected chi connectivity index (χ0v) is 10.2. The van der Waals surface area contributed by atoms with Gasteiger partial charge in [-0.15, -0.1) is 6.58 Å². The van der Waals surface area contributed by atoms with Crippen LogP contribution in [-0.2, 0) is 0 Å². The lowest BCUT2D eigenvalue weighted by molar-refractivity contribution is 0.476. The third kappa shape index (κ3) is 4.53. The molecule has 0 aromatic carbocycles. The summed E-state index contributed by atoms with van der Waals surface area (Å²) in [4.78, 5) is 8.61. The summed E-state index contributed by atoms with van der Waals surface area (Å²) < 4.78 is 0. The standard InChI is InChI=1S/C13H21N3/c1-4-8-14-12(7-6-11(2)3)13-15-9-5-10-16-13/h5,9-10,12,14H,2,4,6-8H2,1,3H3. The van der Waals surface area contributed by atoms with E-state index in [2.05, 4.69) is 35.7 Å². The molecule has 1 atom stereocenters. The normalized spacial score (nSPS) is 12.4. The number of rotatable bonds is 7. The Balaban J connectivity index is 2.59. The van der Waals surface area contributed by atoms with Crippen molar-refractivity contribution in [1.82, 2.24) is 15.3 Å². The first-order chi connectivity index (χ1) is 7.74. The van der Waals surface area contributed by atoms with Crippen LogP contribution in [0, 0.1) is 0 Å². The first-order valence-electron chi connectivity index (χ1n) is 5.88. The molecule has 0 saturated carbocycles. The third-order valence-electron chi connectivity index (χ3n) is 2.40. The molecule has 16 heavy (non-hydrogen) atoms. The van der Waals surface area contributed by atoms with Crippen molar-refractivity contribution in [3.8, 4) is 0 Å². The highest BCUT2D eigenvalue weighted by Crippen LogP contribution is 2.16. The average Bonchev–Trinajstić information content (AvgIpc) is 2.30. The number of aromatic nitrogens is 2. The molecule has 0 amide bonds. The molecule has 0 aliphatic heterocycles. The molecular formula is C13H21N3. The Labute approximate surface area is 98.0 Å². The Morgan fingerprint density at radius 2 is 2.12 bits per heavy atom. The predicted octanol–water partition coefficient (Wildman–Crippen LogP) is 2.87. The summed E-state index contributed by atoms with van der Waals surface area (Å²) in [5, 5.41) is 3.47. The van der Waals surface area contributed by atoms with Crippen LogP contribution < -0.4 is 5.32 Å². The van der Waals surface area contributed by atoms with Crippen LogP contribution in [0.5, 0.6) is 0 Å². The monoisotopic (exact) mass is 219 g/mol. The van der Waals surface area contributed by atoms with Crippen LogP contribution in [-0.4, -0.2) is 16.5 Å². The quantitative estimate of drug-likeness (QED) is 0.717. The number of nitrogens with one attached hydrogen (secondary N) is 1. The SMILES string of the molecule is C=C(C)CCC(NCCC)c1ncccn1. The fraction of sp³-hybridized carbons (Fsp3) is 0.538. The zero-order chi connectivity index (χ0) is 11.8. The third-order valence-corrected chi connectivity index (χ3v) is 2.40. The minimum Gasteiger partial charge on any atom is -0.307 e. The Morgan fingerprint density at radius 1 is 1.44 bits per heavy atom. The van der Waals surface area contributed by atoms with E-state index >= 15 is 0 Å². The molecule has 1 aromatic heterocycles. The van der Waals surface area contributed by atoms with Crippen LogP contribution in [0.3, 0.4) is 0 Å². The van der Waals surface area contributed by atoms with Crippen molar-refractivity contribution in [2.75, 3.05) is 6.54 Å². The number of hydrogen-bond donors (Lipinski definition) is 1. The fourth-order valence-corrected chi connectivity index (χ4v) is 1.52. The van der Waals surface area contributed by atoms with E-state index in [0.29, 0.717) is 0 Å². The second-order valence-electron chi connectivity index (χ2n) is 4.11. The maximum absolute atomic E-state index is 4.31. The van der Waals surface area contributed by atoms with Gasteiger partial charge in [0.15, 0.2) is 0 Å². The summed E-state index contributed by atoms with van der Waals surface area (Å²) in [6.45, 7) is 9.15. The van der Waals surface area contributed by atoms with E-state index in [0.717, 1.165) is 31.6 Å². The molecular weight excluding hydrogens is 198 g/mol. The fourth-order valence-electron chi connectivity index (χ4n) is 1.52. The first-order valence-corrected chi connectivity index (χ1v) is 5.88. The van der Waals surface area contributed by atoms with E-state index in [1.165, 1.54) is 5.57 Å². The molecule has 0 bridgehead atoms. The van der Waals surface area contributed by atoms with Gasteiger partial charge in [-0.3, -0.25) is 0 Å². The van der Waals surface area contributed by atoms with Crippen LogP contribution in [0.15, 0.2) is 30.6 Å². The number of nitrogens with zero attached hydrogens (tertiary/aromatic N) is 2. The predicted molar refractivity (Wildman–Crippen MR) is 67.1 cm³/mol. The van der Waals surface area contributed by atoms with Gasteiger partial charge in [0.2, 0.25) is 0 Å². The van der Waals surface area contributed by atoms with Gasteiger partial charge in [0, 0.05) is 12.4 Å². The van der Waals surface area contributed by atoms with Gasteiger partial charge in [-0.1, -0.05) is 12.5 Å². The van der Waals surface area contributed by atoms with Gasteiger partial charge in [-0.05, 0) is 38.8 Å². The van der Waals surface area contributed by atoms with Crippen molar-refractivity contribution >= 4 is 0 Å². The summed E-state index contributed by atoms with van der Waals surface area (Å²) >= 11 is 0. The van der Waals surface area contributed by atoms with Crippen molar-refractivity contribution in [1.29, 1.82) is 0 Å². The second-order valence-corrected chi connectivity index (χ2v) is 4.11. The van der Waals surface area contributed by atoms with Gasteiger partial charge in [0.05, 0.1) is 6.04 Å². The molecule has 1 N–H and O–H groups in total. The van der Waals surface area contributed by atoms with Crippen molar-refractivity contribution in [2.24, 2.45) is 0 Å². The summed E-state index contributed by atoms with van der Waals surface area (Å²) in [6.07, 6.45) is 6.74. The molecule has 1 heterocycles. The minimum absolute atomic E-state index is 0.248. The molecule has 1 rings (SSSR count). The summed E-state index contributed by atoms with van der Waals surface area (Å²) in [7, 11) is 0. The van der Waals surface area contributed by atoms with E-state index in [1.54, 1.807) is 12.4 Å². The van der Waals surface area contributed by atoms with E-state index in [-0.39, 0.29) is 6.04 Å². The highest BCUT2D eigenvalue weighted by molar-refractivity contribution is 4.98. The van der Waals surface area contributed by atoms with E-state index in [4.69, 9.17) is 0 Å². The maximum Gasteiger partial charge on any atom is 0.145 e. The van der Waals surface area contributed by atoms with Gasteiger partial charge in [0.25, 0.3) is 0 Å². The number of hydrogen-bond acceptors (Lipinski definition) is 3. The Bertz CT molecular complexity index is 308. The minimum atomic E-state index is 0.248.